The molecule has 0 atom stereocenters. The van der Waals surface area contributed by atoms with Crippen LogP contribution in [0.5, 0.6) is 0 Å². The largest absolute Gasteiger partial charge is 0.466 e. The number of benzene rings is 1. The van der Waals surface area contributed by atoms with Crippen LogP contribution in [-0.2, 0) is 22.5 Å². The van der Waals surface area contributed by atoms with Crippen LogP contribution in [0.1, 0.15) is 38.3 Å². The van der Waals surface area contributed by atoms with Crippen molar-refractivity contribution in [1.82, 2.24) is 4.90 Å². The molecule has 4 nitrogen and oxygen atoms in total. The van der Waals surface area contributed by atoms with Gasteiger partial charge in [-0.3, -0.25) is 9.69 Å². The molecule has 0 aliphatic carbocycles. The average molecular weight is 278 g/mol. The Balaban J connectivity index is 2.80. The third-order valence-electron chi connectivity index (χ3n) is 3.48. The number of anilines is 1. The maximum absolute atomic E-state index is 11.5. The quantitative estimate of drug-likeness (QED) is 0.586. The molecule has 0 saturated carbocycles. The fourth-order valence-electron chi connectivity index (χ4n) is 2.26. The molecule has 0 spiro atoms. The van der Waals surface area contributed by atoms with Crippen LogP contribution >= 0.6 is 0 Å². The lowest BCUT2D eigenvalue weighted by molar-refractivity contribution is -0.143. The molecule has 0 aliphatic heterocycles. The SMILES string of the molecule is CCOC(=O)CCc1c(N)cccc1CN(CC)CC. The maximum Gasteiger partial charge on any atom is 0.306 e. The van der Waals surface area contributed by atoms with Crippen molar-refractivity contribution in [3.63, 3.8) is 0 Å². The Hall–Kier alpha value is -1.55. The Kier molecular flexibility index (Phi) is 7.09. The number of nitrogen functional groups attached to an aromatic ring is 1. The summed E-state index contributed by atoms with van der Waals surface area (Å²) in [5.74, 6) is -0.162. The fourth-order valence-corrected chi connectivity index (χ4v) is 2.26. The number of hydrogen-bond donors (Lipinski definition) is 1. The van der Waals surface area contributed by atoms with Gasteiger partial charge in [0.15, 0.2) is 0 Å². The molecule has 0 unspecified atom stereocenters. The maximum atomic E-state index is 11.5. The molecule has 4 heteroatoms. The number of nitrogens with two attached hydrogens (primary N) is 1. The predicted molar refractivity (Wildman–Crippen MR) is 82.4 cm³/mol. The van der Waals surface area contributed by atoms with Crippen LogP contribution in [0, 0.1) is 0 Å². The summed E-state index contributed by atoms with van der Waals surface area (Å²) in [4.78, 5) is 13.8. The third kappa shape index (κ3) is 4.85. The standard InChI is InChI=1S/C16H26N2O2/c1-4-18(5-2)12-13-8-7-9-15(17)14(13)10-11-16(19)20-6-3/h7-9H,4-6,10-12,17H2,1-3H3. The minimum atomic E-state index is -0.162. The van der Waals surface area contributed by atoms with Crippen LogP contribution in [0.25, 0.3) is 0 Å². The van der Waals surface area contributed by atoms with E-state index in [2.05, 4.69) is 24.8 Å². The van der Waals surface area contributed by atoms with E-state index >= 15 is 0 Å². The predicted octanol–water partition coefficient (Wildman–Crippen LogP) is 2.61. The summed E-state index contributed by atoms with van der Waals surface area (Å²) in [6.07, 6.45) is 1.02. The van der Waals surface area contributed by atoms with E-state index in [4.69, 9.17) is 10.5 Å². The molecule has 0 aromatic heterocycles. The molecule has 0 amide bonds. The van der Waals surface area contributed by atoms with Gasteiger partial charge in [0, 0.05) is 18.7 Å². The van der Waals surface area contributed by atoms with Crippen LogP contribution in [0.2, 0.25) is 0 Å². The van der Waals surface area contributed by atoms with Gasteiger partial charge < -0.3 is 10.5 Å². The first-order chi connectivity index (χ1) is 9.62. The highest BCUT2D eigenvalue weighted by atomic mass is 16.5. The lowest BCUT2D eigenvalue weighted by Gasteiger charge is -2.21. The first-order valence-electron chi connectivity index (χ1n) is 7.36. The summed E-state index contributed by atoms with van der Waals surface area (Å²) >= 11 is 0. The van der Waals surface area contributed by atoms with E-state index in [0.29, 0.717) is 19.4 Å². The van der Waals surface area contributed by atoms with Gasteiger partial charge >= 0.3 is 5.97 Å². The van der Waals surface area contributed by atoms with Crippen molar-refractivity contribution in [2.75, 3.05) is 25.4 Å². The second kappa shape index (κ2) is 8.59. The first-order valence-corrected chi connectivity index (χ1v) is 7.36. The molecule has 2 N–H and O–H groups in total. The van der Waals surface area contributed by atoms with E-state index in [1.807, 2.05) is 19.1 Å². The molecule has 0 radical (unpaired) electrons. The number of esters is 1. The van der Waals surface area contributed by atoms with Gasteiger partial charge in [0.05, 0.1) is 6.61 Å². The molecule has 0 saturated heterocycles. The van der Waals surface area contributed by atoms with Gasteiger partial charge in [-0.05, 0) is 43.6 Å². The van der Waals surface area contributed by atoms with Gasteiger partial charge in [0.25, 0.3) is 0 Å². The summed E-state index contributed by atoms with van der Waals surface area (Å²) in [6, 6.07) is 5.96. The minimum absolute atomic E-state index is 0.162. The lowest BCUT2D eigenvalue weighted by Crippen LogP contribution is -2.23. The Morgan fingerprint density at radius 3 is 2.55 bits per heavy atom. The van der Waals surface area contributed by atoms with Gasteiger partial charge in [-0.15, -0.1) is 0 Å². The van der Waals surface area contributed by atoms with Crippen molar-refractivity contribution in [3.8, 4) is 0 Å². The van der Waals surface area contributed by atoms with Crippen LogP contribution in [0.3, 0.4) is 0 Å². The molecule has 0 fully saturated rings. The monoisotopic (exact) mass is 278 g/mol. The normalized spacial score (nSPS) is 10.8. The zero-order valence-electron chi connectivity index (χ0n) is 12.8. The molecular weight excluding hydrogens is 252 g/mol. The molecule has 0 bridgehead atoms. The average Bonchev–Trinajstić information content (AvgIpc) is 2.44. The van der Waals surface area contributed by atoms with Gasteiger partial charge in [0.1, 0.15) is 0 Å². The minimum Gasteiger partial charge on any atom is -0.466 e. The highest BCUT2D eigenvalue weighted by Gasteiger charge is 2.11. The number of rotatable bonds is 8. The van der Waals surface area contributed by atoms with E-state index in [9.17, 15) is 4.79 Å². The Bertz CT molecular complexity index is 428. The van der Waals surface area contributed by atoms with E-state index < -0.39 is 0 Å². The van der Waals surface area contributed by atoms with Gasteiger partial charge in [-0.25, -0.2) is 0 Å². The van der Waals surface area contributed by atoms with Crippen molar-refractivity contribution in [2.24, 2.45) is 0 Å². The highest BCUT2D eigenvalue weighted by molar-refractivity contribution is 5.70. The van der Waals surface area contributed by atoms with E-state index in [1.165, 1.54) is 5.56 Å². The van der Waals surface area contributed by atoms with Gasteiger partial charge in [-0.1, -0.05) is 26.0 Å². The van der Waals surface area contributed by atoms with Crippen molar-refractivity contribution >= 4 is 11.7 Å². The van der Waals surface area contributed by atoms with Crippen molar-refractivity contribution in [1.29, 1.82) is 0 Å². The van der Waals surface area contributed by atoms with E-state index in [-0.39, 0.29) is 5.97 Å². The molecule has 1 aromatic carbocycles. The molecule has 20 heavy (non-hydrogen) atoms. The number of carbonyl (C=O) groups is 1. The number of carbonyl (C=O) groups excluding carboxylic acids is 1. The molecule has 112 valence electrons. The number of ether oxygens (including phenoxy) is 1. The Morgan fingerprint density at radius 1 is 1.25 bits per heavy atom. The van der Waals surface area contributed by atoms with Gasteiger partial charge in [0.2, 0.25) is 0 Å². The van der Waals surface area contributed by atoms with Crippen molar-refractivity contribution in [3.05, 3.63) is 29.3 Å². The second-order valence-electron chi connectivity index (χ2n) is 4.75. The van der Waals surface area contributed by atoms with E-state index in [0.717, 1.165) is 30.9 Å². The van der Waals surface area contributed by atoms with Crippen LogP contribution in [0.4, 0.5) is 5.69 Å². The molecule has 0 heterocycles. The summed E-state index contributed by atoms with van der Waals surface area (Å²) in [5.41, 5.74) is 9.12. The number of nitrogens with zero attached hydrogens (tertiary/aromatic N) is 1. The van der Waals surface area contributed by atoms with Crippen molar-refractivity contribution in [2.45, 2.75) is 40.2 Å². The topological polar surface area (TPSA) is 55.6 Å². The molecule has 1 rings (SSSR count). The van der Waals surface area contributed by atoms with Crippen molar-refractivity contribution < 1.29 is 9.53 Å². The molecule has 1 aromatic rings. The lowest BCUT2D eigenvalue weighted by atomic mass is 10.00. The molecular formula is C16H26N2O2. The van der Waals surface area contributed by atoms with E-state index in [1.54, 1.807) is 0 Å². The first kappa shape index (κ1) is 16.5. The third-order valence-corrected chi connectivity index (χ3v) is 3.48. The van der Waals surface area contributed by atoms with Crippen LogP contribution in [-0.4, -0.2) is 30.6 Å². The zero-order valence-corrected chi connectivity index (χ0v) is 12.8. The highest BCUT2D eigenvalue weighted by Crippen LogP contribution is 2.21. The second-order valence-corrected chi connectivity index (χ2v) is 4.75. The van der Waals surface area contributed by atoms with Crippen LogP contribution < -0.4 is 5.73 Å². The Morgan fingerprint density at radius 2 is 1.95 bits per heavy atom. The fraction of sp³-hybridized carbons (Fsp3) is 0.562. The Labute approximate surface area is 121 Å². The zero-order chi connectivity index (χ0) is 15.0. The summed E-state index contributed by atoms with van der Waals surface area (Å²) < 4.78 is 4.98. The summed E-state index contributed by atoms with van der Waals surface area (Å²) in [5, 5.41) is 0. The smallest absolute Gasteiger partial charge is 0.306 e. The molecule has 0 aliphatic rings. The number of hydrogen-bond acceptors (Lipinski definition) is 4. The van der Waals surface area contributed by atoms with Gasteiger partial charge in [-0.2, -0.15) is 0 Å². The summed E-state index contributed by atoms with van der Waals surface area (Å²) in [7, 11) is 0. The van der Waals surface area contributed by atoms with Crippen LogP contribution in [0.15, 0.2) is 18.2 Å². The summed E-state index contributed by atoms with van der Waals surface area (Å²) in [6.45, 7) is 9.42.